The van der Waals surface area contributed by atoms with E-state index in [-0.39, 0.29) is 0 Å². The molecule has 0 fully saturated rings. The molecular weight excluding hydrogens is 224 g/mol. The lowest BCUT2D eigenvalue weighted by Gasteiger charge is -2.24. The third-order valence-electron chi connectivity index (χ3n) is 0.849. The molecule has 0 rings (SSSR count). The summed E-state index contributed by atoms with van der Waals surface area (Å²) < 4.78 is 56.6. The molecule has 0 aromatic carbocycles. The van der Waals surface area contributed by atoms with Crippen LogP contribution >= 0.6 is 0 Å². The van der Waals surface area contributed by atoms with Crippen LogP contribution < -0.4 is 0 Å². The van der Waals surface area contributed by atoms with Crippen LogP contribution in [0.3, 0.4) is 0 Å². The summed E-state index contributed by atoms with van der Waals surface area (Å²) in [6.45, 7) is 1.97. The van der Waals surface area contributed by atoms with Crippen LogP contribution in [0.15, 0.2) is 0 Å². The summed E-state index contributed by atoms with van der Waals surface area (Å²) in [4.78, 5) is 0. The maximum absolute atomic E-state index is 10.1. The normalized spacial score (nSPS) is 15.7. The van der Waals surface area contributed by atoms with Gasteiger partial charge in [0.1, 0.15) is 5.60 Å². The molecule has 0 radical (unpaired) electrons. The smallest absolute Gasteiger partial charge is 0.397 e. The molecule has 0 aliphatic rings. The predicted molar refractivity (Wildman–Crippen MR) is 41.6 cm³/mol. The van der Waals surface area contributed by atoms with Gasteiger partial charge < -0.3 is 4.55 Å². The van der Waals surface area contributed by atoms with Crippen molar-refractivity contribution in [1.29, 1.82) is 0 Å². The Hall–Kier alpha value is -0.0600. The van der Waals surface area contributed by atoms with Gasteiger partial charge in [0, 0.05) is 0 Å². The molecule has 80 valence electrons. The Morgan fingerprint density at radius 2 is 2.00 bits per heavy atom. The largest absolute Gasteiger partial charge is 0.750 e. The van der Waals surface area contributed by atoms with E-state index in [1.165, 1.54) is 13.8 Å². The highest BCUT2D eigenvalue weighted by Gasteiger charge is 2.22. The van der Waals surface area contributed by atoms with Crippen molar-refractivity contribution in [2.75, 3.05) is 6.61 Å². The molecule has 0 aromatic rings. The molecule has 0 spiro atoms. The quantitative estimate of drug-likeness (QED) is 0.498. The zero-order valence-electron chi connectivity index (χ0n) is 6.92. The van der Waals surface area contributed by atoms with Crippen molar-refractivity contribution in [3.63, 3.8) is 0 Å². The summed E-state index contributed by atoms with van der Waals surface area (Å²) in [5, 5.41) is 0. The fraction of sp³-hybridized carbons (Fsp3) is 1.00. The molecule has 1 unspecified atom stereocenters. The van der Waals surface area contributed by atoms with E-state index >= 15 is 0 Å². The van der Waals surface area contributed by atoms with Gasteiger partial charge in [-0.3, -0.25) is 8.74 Å². The summed E-state index contributed by atoms with van der Waals surface area (Å²) in [7, 11) is -4.57. The van der Waals surface area contributed by atoms with E-state index in [9.17, 15) is 17.2 Å². The summed E-state index contributed by atoms with van der Waals surface area (Å²) >= 11 is -2.77. The molecule has 0 bridgehead atoms. The highest BCUT2D eigenvalue weighted by atomic mass is 32.3. The average molecular weight is 233 g/mol. The Balaban J connectivity index is 4.11. The Morgan fingerprint density at radius 1 is 1.54 bits per heavy atom. The number of hydrogen-bond donors (Lipinski definition) is 1. The van der Waals surface area contributed by atoms with Crippen LogP contribution in [-0.4, -0.2) is 33.9 Å². The van der Waals surface area contributed by atoms with E-state index in [4.69, 9.17) is 4.55 Å². The fourth-order valence-corrected chi connectivity index (χ4v) is 1.27. The van der Waals surface area contributed by atoms with Crippen LogP contribution in [0.5, 0.6) is 0 Å². The fourth-order valence-electron chi connectivity index (χ4n) is 0.425. The van der Waals surface area contributed by atoms with Gasteiger partial charge in [0.2, 0.25) is 0 Å². The summed E-state index contributed by atoms with van der Waals surface area (Å²) in [6.07, 6.45) is 0. The predicted octanol–water partition coefficient (Wildman–Crippen LogP) is -0.605. The topological polar surface area (TPSA) is 113 Å². The van der Waals surface area contributed by atoms with E-state index in [0.717, 1.165) is 0 Å². The van der Waals surface area contributed by atoms with Gasteiger partial charge in [0.15, 0.2) is 0 Å². The van der Waals surface area contributed by atoms with Gasteiger partial charge in [-0.1, -0.05) is 0 Å². The zero-order chi connectivity index (χ0) is 10.7. The van der Waals surface area contributed by atoms with Crippen molar-refractivity contribution in [2.45, 2.75) is 19.4 Å². The van der Waals surface area contributed by atoms with E-state index in [0.29, 0.717) is 0 Å². The molecule has 0 heterocycles. The SMILES string of the molecule is CC(C)(COS(=O)(=O)O)OS(=O)[O-]. The lowest BCUT2D eigenvalue weighted by atomic mass is 10.2. The minimum atomic E-state index is -4.57. The van der Waals surface area contributed by atoms with Gasteiger partial charge in [-0.25, -0.2) is 8.39 Å². The molecule has 13 heavy (non-hydrogen) atoms. The van der Waals surface area contributed by atoms with E-state index < -0.39 is 34.0 Å². The van der Waals surface area contributed by atoms with Crippen LogP contribution in [0.2, 0.25) is 0 Å². The second-order valence-electron chi connectivity index (χ2n) is 2.74. The van der Waals surface area contributed by atoms with Crippen molar-refractivity contribution < 1.29 is 30.1 Å². The third kappa shape index (κ3) is 8.28. The van der Waals surface area contributed by atoms with E-state index in [1.54, 1.807) is 0 Å². The number of rotatable bonds is 5. The monoisotopic (exact) mass is 233 g/mol. The summed E-state index contributed by atoms with van der Waals surface area (Å²) in [6, 6.07) is 0. The minimum absolute atomic E-state index is 0.597. The Kier molecular flexibility index (Phi) is 4.42. The lowest BCUT2D eigenvalue weighted by molar-refractivity contribution is 0.0528. The average Bonchev–Trinajstić information content (AvgIpc) is 1.79. The second kappa shape index (κ2) is 4.44. The first-order valence-electron chi connectivity index (χ1n) is 3.03. The maximum Gasteiger partial charge on any atom is 0.397 e. The lowest BCUT2D eigenvalue weighted by Crippen LogP contribution is -2.32. The van der Waals surface area contributed by atoms with Gasteiger partial charge in [0.05, 0.1) is 18.0 Å². The highest BCUT2D eigenvalue weighted by Crippen LogP contribution is 2.11. The molecule has 0 aromatic heterocycles. The first-order valence-corrected chi connectivity index (χ1v) is 5.39. The van der Waals surface area contributed by atoms with Crippen LogP contribution in [0.4, 0.5) is 0 Å². The first-order chi connectivity index (χ1) is 5.62. The zero-order valence-corrected chi connectivity index (χ0v) is 8.55. The first kappa shape index (κ1) is 12.9. The van der Waals surface area contributed by atoms with Crippen LogP contribution in [-0.2, 0) is 30.1 Å². The maximum atomic E-state index is 10.1. The van der Waals surface area contributed by atoms with Crippen LogP contribution in [0, 0.1) is 0 Å². The Bertz CT molecular complexity index is 279. The van der Waals surface area contributed by atoms with Crippen molar-refractivity contribution in [1.82, 2.24) is 0 Å². The number of hydrogen-bond acceptors (Lipinski definition) is 6. The molecule has 0 aliphatic heterocycles. The van der Waals surface area contributed by atoms with Crippen molar-refractivity contribution in [3.05, 3.63) is 0 Å². The molecule has 7 nitrogen and oxygen atoms in total. The van der Waals surface area contributed by atoms with Crippen molar-refractivity contribution >= 4 is 21.8 Å². The molecule has 0 amide bonds. The molecule has 0 saturated carbocycles. The Labute approximate surface area is 78.5 Å². The highest BCUT2D eigenvalue weighted by molar-refractivity contribution is 7.80. The van der Waals surface area contributed by atoms with Crippen molar-refractivity contribution in [3.8, 4) is 0 Å². The van der Waals surface area contributed by atoms with Gasteiger partial charge >= 0.3 is 10.4 Å². The van der Waals surface area contributed by atoms with Gasteiger partial charge in [-0.2, -0.15) is 8.42 Å². The third-order valence-corrected chi connectivity index (χ3v) is 1.85. The Morgan fingerprint density at radius 3 is 2.31 bits per heavy atom. The van der Waals surface area contributed by atoms with E-state index in [2.05, 4.69) is 8.37 Å². The van der Waals surface area contributed by atoms with Crippen LogP contribution in [0.25, 0.3) is 0 Å². The second-order valence-corrected chi connectivity index (χ2v) is 4.40. The van der Waals surface area contributed by atoms with Gasteiger partial charge in [-0.15, -0.1) is 0 Å². The van der Waals surface area contributed by atoms with E-state index in [1.807, 2.05) is 0 Å². The minimum Gasteiger partial charge on any atom is -0.750 e. The summed E-state index contributed by atoms with van der Waals surface area (Å²) in [5.41, 5.74) is -1.34. The standard InChI is InChI=1S/C4H10O7S2/c1-4(2,11-12(5)6)3-10-13(7,8)9/h3H2,1-2H3,(H,5,6)(H,7,8,9)/p-1. The molecule has 1 atom stereocenters. The molecule has 9 heteroatoms. The van der Waals surface area contributed by atoms with Crippen molar-refractivity contribution in [2.24, 2.45) is 0 Å². The summed E-state index contributed by atoms with van der Waals surface area (Å²) in [5.74, 6) is 0. The van der Waals surface area contributed by atoms with Gasteiger partial charge in [0.25, 0.3) is 0 Å². The van der Waals surface area contributed by atoms with Gasteiger partial charge in [-0.05, 0) is 13.8 Å². The molecule has 0 saturated heterocycles. The van der Waals surface area contributed by atoms with Crippen LogP contribution in [0.1, 0.15) is 13.8 Å². The molecule has 0 aliphatic carbocycles. The molecule has 1 N–H and O–H groups in total. The molecular formula is C4H9O7S2-.